The van der Waals surface area contributed by atoms with E-state index >= 15 is 0 Å². The van der Waals surface area contributed by atoms with Crippen molar-refractivity contribution < 1.29 is 19.0 Å². The van der Waals surface area contributed by atoms with Crippen LogP contribution in [0.5, 0.6) is 11.5 Å². The molecule has 0 bridgehead atoms. The van der Waals surface area contributed by atoms with Gasteiger partial charge in [0.05, 0.1) is 13.2 Å². The van der Waals surface area contributed by atoms with E-state index in [0.717, 1.165) is 30.8 Å². The molecule has 1 heterocycles. The summed E-state index contributed by atoms with van der Waals surface area (Å²) in [6.07, 6.45) is 1.99. The molecule has 1 aliphatic rings. The summed E-state index contributed by atoms with van der Waals surface area (Å²) in [7, 11) is 1.60. The lowest BCUT2D eigenvalue weighted by Gasteiger charge is -2.26. The molecule has 3 rings (SSSR count). The summed E-state index contributed by atoms with van der Waals surface area (Å²) in [5.74, 6) is 1.21. The molecule has 0 aliphatic carbocycles. The molecule has 0 N–H and O–H groups in total. The Morgan fingerprint density at radius 2 is 1.93 bits per heavy atom. The van der Waals surface area contributed by atoms with Crippen molar-refractivity contribution in [3.8, 4) is 11.5 Å². The van der Waals surface area contributed by atoms with Gasteiger partial charge in [-0.15, -0.1) is 0 Å². The van der Waals surface area contributed by atoms with Crippen LogP contribution in [-0.2, 0) is 16.1 Å². The van der Waals surface area contributed by atoms with E-state index in [0.29, 0.717) is 28.9 Å². The van der Waals surface area contributed by atoms with E-state index < -0.39 is 0 Å². The maximum Gasteiger partial charge on any atom is 0.260 e. The molecule has 7 heteroatoms. The molecule has 150 valence electrons. The van der Waals surface area contributed by atoms with Gasteiger partial charge in [-0.3, -0.25) is 4.79 Å². The molecule has 1 fully saturated rings. The van der Waals surface area contributed by atoms with E-state index in [1.807, 2.05) is 6.07 Å². The lowest BCUT2D eigenvalue weighted by molar-refractivity contribution is -0.135. The van der Waals surface area contributed by atoms with Gasteiger partial charge in [0.1, 0.15) is 11.5 Å². The molecule has 0 unspecified atom stereocenters. The summed E-state index contributed by atoms with van der Waals surface area (Å²) in [6.45, 7) is 1.55. The number of rotatable bonds is 8. The van der Waals surface area contributed by atoms with Gasteiger partial charge in [0.2, 0.25) is 0 Å². The third-order valence-corrected chi connectivity index (χ3v) is 5.19. The van der Waals surface area contributed by atoms with Gasteiger partial charge in [-0.1, -0.05) is 29.3 Å². The zero-order valence-electron chi connectivity index (χ0n) is 15.7. The van der Waals surface area contributed by atoms with Crippen LogP contribution in [0.3, 0.4) is 0 Å². The Morgan fingerprint density at radius 3 is 2.57 bits per heavy atom. The van der Waals surface area contributed by atoms with Crippen molar-refractivity contribution in [2.45, 2.75) is 25.5 Å². The molecule has 2 aromatic rings. The largest absolute Gasteiger partial charge is 0.497 e. The zero-order chi connectivity index (χ0) is 19.9. The standard InChI is InChI=1S/C21H23Cl2NO4/c1-26-17-6-8-18(9-7-17)28-14-21(25)24(13-19-3-2-10-27-19)12-15-4-5-16(22)11-20(15)23/h4-9,11,19H,2-3,10,12-14H2,1H3/t19-/m1/s1. The van der Waals surface area contributed by atoms with Crippen molar-refractivity contribution in [2.75, 3.05) is 26.9 Å². The van der Waals surface area contributed by atoms with Crippen molar-refractivity contribution in [3.05, 3.63) is 58.1 Å². The molecule has 2 aromatic carbocycles. The van der Waals surface area contributed by atoms with Crippen molar-refractivity contribution >= 4 is 29.1 Å². The minimum absolute atomic E-state index is 0.0380. The highest BCUT2D eigenvalue weighted by atomic mass is 35.5. The van der Waals surface area contributed by atoms with Crippen LogP contribution in [-0.4, -0.2) is 43.8 Å². The van der Waals surface area contributed by atoms with Crippen molar-refractivity contribution in [1.29, 1.82) is 0 Å². The second kappa shape index (κ2) is 10.0. The van der Waals surface area contributed by atoms with Gasteiger partial charge >= 0.3 is 0 Å². The number of benzene rings is 2. The molecule has 1 atom stereocenters. The first kappa shape index (κ1) is 20.8. The van der Waals surface area contributed by atoms with Gasteiger partial charge < -0.3 is 19.1 Å². The molecule has 1 amide bonds. The maximum atomic E-state index is 12.9. The summed E-state index contributed by atoms with van der Waals surface area (Å²) in [5, 5.41) is 1.10. The second-order valence-corrected chi connectivity index (χ2v) is 7.45. The fourth-order valence-electron chi connectivity index (χ4n) is 3.05. The Kier molecular flexibility index (Phi) is 7.43. The molecule has 28 heavy (non-hydrogen) atoms. The van der Waals surface area contributed by atoms with Crippen LogP contribution >= 0.6 is 23.2 Å². The van der Waals surface area contributed by atoms with Gasteiger partial charge in [0.25, 0.3) is 5.91 Å². The van der Waals surface area contributed by atoms with Gasteiger partial charge in [0, 0.05) is 29.7 Å². The zero-order valence-corrected chi connectivity index (χ0v) is 17.2. The first-order chi connectivity index (χ1) is 13.5. The Bertz CT molecular complexity index is 791. The van der Waals surface area contributed by atoms with Crippen LogP contribution < -0.4 is 9.47 Å². The second-order valence-electron chi connectivity index (χ2n) is 6.61. The highest BCUT2D eigenvalue weighted by Crippen LogP contribution is 2.24. The summed E-state index contributed by atoms with van der Waals surface area (Å²) >= 11 is 12.3. The molecule has 5 nitrogen and oxygen atoms in total. The van der Waals surface area contributed by atoms with Crippen LogP contribution in [0.2, 0.25) is 10.0 Å². The normalized spacial score (nSPS) is 16.0. The number of amides is 1. The highest BCUT2D eigenvalue weighted by Gasteiger charge is 2.23. The Morgan fingerprint density at radius 1 is 1.18 bits per heavy atom. The van der Waals surface area contributed by atoms with E-state index in [4.69, 9.17) is 37.4 Å². The van der Waals surface area contributed by atoms with E-state index in [-0.39, 0.29) is 18.6 Å². The lowest BCUT2D eigenvalue weighted by Crippen LogP contribution is -2.39. The quantitative estimate of drug-likeness (QED) is 0.622. The Balaban J connectivity index is 1.66. The molecule has 0 spiro atoms. The topological polar surface area (TPSA) is 48.0 Å². The SMILES string of the molecule is COc1ccc(OCC(=O)N(Cc2ccc(Cl)cc2Cl)C[C@H]2CCCO2)cc1. The summed E-state index contributed by atoms with van der Waals surface area (Å²) in [6, 6.07) is 12.4. The summed E-state index contributed by atoms with van der Waals surface area (Å²) in [5.41, 5.74) is 0.835. The van der Waals surface area contributed by atoms with E-state index in [2.05, 4.69) is 0 Å². The first-order valence-electron chi connectivity index (χ1n) is 9.15. The fourth-order valence-corrected chi connectivity index (χ4v) is 3.52. The molecule has 0 aromatic heterocycles. The third kappa shape index (κ3) is 5.77. The predicted molar refractivity (Wildman–Crippen MR) is 109 cm³/mol. The van der Waals surface area contributed by atoms with Crippen LogP contribution in [0.15, 0.2) is 42.5 Å². The Labute approximate surface area is 175 Å². The number of ether oxygens (including phenoxy) is 3. The number of carbonyl (C=O) groups excluding carboxylic acids is 1. The average Bonchev–Trinajstić information content (AvgIpc) is 3.21. The van der Waals surface area contributed by atoms with Gasteiger partial charge in [-0.25, -0.2) is 0 Å². The third-order valence-electron chi connectivity index (χ3n) is 4.60. The van der Waals surface area contributed by atoms with E-state index in [1.54, 1.807) is 48.4 Å². The van der Waals surface area contributed by atoms with Crippen LogP contribution in [0, 0.1) is 0 Å². The lowest BCUT2D eigenvalue weighted by atomic mass is 10.1. The van der Waals surface area contributed by atoms with E-state index in [9.17, 15) is 4.79 Å². The maximum absolute atomic E-state index is 12.9. The number of nitrogens with zero attached hydrogens (tertiary/aromatic N) is 1. The van der Waals surface area contributed by atoms with Crippen LogP contribution in [0.4, 0.5) is 0 Å². The van der Waals surface area contributed by atoms with Gasteiger partial charge in [0.15, 0.2) is 6.61 Å². The van der Waals surface area contributed by atoms with Gasteiger partial charge in [-0.05, 0) is 54.8 Å². The minimum Gasteiger partial charge on any atom is -0.497 e. The summed E-state index contributed by atoms with van der Waals surface area (Å²) in [4.78, 5) is 14.6. The molecular formula is C21H23Cl2NO4. The molecular weight excluding hydrogens is 401 g/mol. The van der Waals surface area contributed by atoms with Crippen molar-refractivity contribution in [2.24, 2.45) is 0 Å². The molecule has 1 saturated heterocycles. The smallest absolute Gasteiger partial charge is 0.260 e. The molecule has 1 aliphatic heterocycles. The van der Waals surface area contributed by atoms with Gasteiger partial charge in [-0.2, -0.15) is 0 Å². The minimum atomic E-state index is -0.127. The number of hydrogen-bond acceptors (Lipinski definition) is 4. The van der Waals surface area contributed by atoms with Crippen molar-refractivity contribution in [1.82, 2.24) is 4.90 Å². The average molecular weight is 424 g/mol. The number of methoxy groups -OCH3 is 1. The number of halogens is 2. The fraction of sp³-hybridized carbons (Fsp3) is 0.381. The van der Waals surface area contributed by atoms with E-state index in [1.165, 1.54) is 0 Å². The predicted octanol–water partition coefficient (Wildman–Crippen LogP) is 4.59. The monoisotopic (exact) mass is 423 g/mol. The Hall–Kier alpha value is -1.95. The number of carbonyl (C=O) groups is 1. The molecule has 0 radical (unpaired) electrons. The first-order valence-corrected chi connectivity index (χ1v) is 9.91. The van der Waals surface area contributed by atoms with Crippen LogP contribution in [0.1, 0.15) is 18.4 Å². The van der Waals surface area contributed by atoms with Crippen LogP contribution in [0.25, 0.3) is 0 Å². The highest BCUT2D eigenvalue weighted by molar-refractivity contribution is 6.35. The van der Waals surface area contributed by atoms with Crippen molar-refractivity contribution in [3.63, 3.8) is 0 Å². The number of hydrogen-bond donors (Lipinski definition) is 0. The summed E-state index contributed by atoms with van der Waals surface area (Å²) < 4.78 is 16.5. The molecule has 0 saturated carbocycles.